The van der Waals surface area contributed by atoms with Crippen LogP contribution in [0.1, 0.15) is 0 Å². The second kappa shape index (κ2) is 10.7. The fourth-order valence-electron chi connectivity index (χ4n) is 7.52. The van der Waals surface area contributed by atoms with E-state index in [2.05, 4.69) is 94.5 Å². The molecular formula is C44H25N5O2. The monoisotopic (exact) mass is 655 g/mol. The van der Waals surface area contributed by atoms with Gasteiger partial charge in [-0.25, -0.2) is 15.0 Å². The zero-order chi connectivity index (χ0) is 33.5. The summed E-state index contributed by atoms with van der Waals surface area (Å²) in [7, 11) is 0. The molecule has 5 aromatic heterocycles. The van der Waals surface area contributed by atoms with Gasteiger partial charge in [0, 0.05) is 67.1 Å². The summed E-state index contributed by atoms with van der Waals surface area (Å²) >= 11 is 0. The minimum Gasteiger partial charge on any atom is -0.456 e. The molecule has 0 aliphatic heterocycles. The molecule has 0 fully saturated rings. The van der Waals surface area contributed by atoms with Crippen molar-refractivity contribution in [2.45, 2.75) is 0 Å². The molecular weight excluding hydrogens is 631 g/mol. The normalized spacial score (nSPS) is 11.9. The number of hydrogen-bond donors (Lipinski definition) is 0. The molecule has 0 N–H and O–H groups in total. The van der Waals surface area contributed by atoms with Gasteiger partial charge in [0.1, 0.15) is 22.3 Å². The highest BCUT2D eigenvalue weighted by molar-refractivity contribution is 6.13. The van der Waals surface area contributed by atoms with Crippen LogP contribution < -0.4 is 0 Å². The molecule has 11 aromatic rings. The van der Waals surface area contributed by atoms with Gasteiger partial charge in [0.05, 0.1) is 11.0 Å². The molecule has 0 saturated heterocycles. The standard InChI is InChI=1S/C44H25N5O2/c1-4-14-34-28(9-1)29-10-2-5-15-35(29)49(34)27-21-19-26(20-22-27)42-46-43(31-12-7-17-38-40(31)30-11-3-6-16-36(30)50-38)48-44(47-42)32-13-8-18-39-41(32)33-25-45-24-23-37(33)51-39/h1-25H. The Bertz CT molecular complexity index is 2970. The third-order valence-electron chi connectivity index (χ3n) is 9.78. The molecule has 0 unspecified atom stereocenters. The van der Waals surface area contributed by atoms with E-state index >= 15 is 0 Å². The van der Waals surface area contributed by atoms with E-state index in [1.807, 2.05) is 60.8 Å². The average molecular weight is 656 g/mol. The summed E-state index contributed by atoms with van der Waals surface area (Å²) in [4.78, 5) is 19.9. The van der Waals surface area contributed by atoms with Crippen molar-refractivity contribution in [3.05, 3.63) is 152 Å². The molecule has 7 nitrogen and oxygen atoms in total. The molecule has 0 amide bonds. The quantitative estimate of drug-likeness (QED) is 0.188. The fourth-order valence-corrected chi connectivity index (χ4v) is 7.52. The lowest BCUT2D eigenvalue weighted by Crippen LogP contribution is -2.01. The molecule has 6 aromatic carbocycles. The lowest BCUT2D eigenvalue weighted by atomic mass is 10.0. The zero-order valence-corrected chi connectivity index (χ0v) is 27.0. The van der Waals surface area contributed by atoms with Crippen LogP contribution in [0.2, 0.25) is 0 Å². The van der Waals surface area contributed by atoms with Crippen LogP contribution in [0.25, 0.3) is 106 Å². The van der Waals surface area contributed by atoms with Crippen molar-refractivity contribution in [3.8, 4) is 39.9 Å². The third kappa shape index (κ3) is 4.18. The first kappa shape index (κ1) is 27.8. The highest BCUT2D eigenvalue weighted by Gasteiger charge is 2.21. The van der Waals surface area contributed by atoms with Crippen molar-refractivity contribution < 1.29 is 8.83 Å². The Labute approximate surface area is 290 Å². The number of rotatable bonds is 4. The predicted octanol–water partition coefficient (Wildman–Crippen LogP) is 11.2. The van der Waals surface area contributed by atoms with Gasteiger partial charge in [-0.15, -0.1) is 0 Å². The van der Waals surface area contributed by atoms with Crippen molar-refractivity contribution in [1.82, 2.24) is 24.5 Å². The highest BCUT2D eigenvalue weighted by atomic mass is 16.3. The van der Waals surface area contributed by atoms with Gasteiger partial charge in [0.2, 0.25) is 0 Å². The van der Waals surface area contributed by atoms with Crippen LogP contribution in [0.4, 0.5) is 0 Å². The largest absolute Gasteiger partial charge is 0.456 e. The van der Waals surface area contributed by atoms with E-state index < -0.39 is 0 Å². The number of nitrogens with zero attached hydrogens (tertiary/aromatic N) is 5. The molecule has 0 radical (unpaired) electrons. The second-order valence-corrected chi connectivity index (χ2v) is 12.7. The van der Waals surface area contributed by atoms with E-state index in [1.165, 1.54) is 10.8 Å². The Morgan fingerprint density at radius 3 is 1.61 bits per heavy atom. The van der Waals surface area contributed by atoms with E-state index in [0.717, 1.165) is 77.3 Å². The highest BCUT2D eigenvalue weighted by Crippen LogP contribution is 2.39. The molecule has 51 heavy (non-hydrogen) atoms. The molecule has 238 valence electrons. The Hall–Kier alpha value is -7.12. The maximum atomic E-state index is 6.26. The molecule has 0 saturated carbocycles. The van der Waals surface area contributed by atoms with Crippen molar-refractivity contribution in [2.24, 2.45) is 0 Å². The number of fused-ring (bicyclic) bond motifs is 9. The van der Waals surface area contributed by atoms with E-state index in [1.54, 1.807) is 6.20 Å². The molecule has 0 atom stereocenters. The lowest BCUT2D eigenvalue weighted by Gasteiger charge is -2.11. The molecule has 0 spiro atoms. The van der Waals surface area contributed by atoms with Crippen molar-refractivity contribution in [3.63, 3.8) is 0 Å². The Kier molecular flexibility index (Phi) is 5.83. The first-order valence-corrected chi connectivity index (χ1v) is 16.8. The third-order valence-corrected chi connectivity index (χ3v) is 9.78. The van der Waals surface area contributed by atoms with Gasteiger partial charge in [-0.05, 0) is 60.7 Å². The van der Waals surface area contributed by atoms with Crippen LogP contribution in [-0.4, -0.2) is 24.5 Å². The number of furan rings is 2. The van der Waals surface area contributed by atoms with Crippen LogP contribution in [0.15, 0.2) is 161 Å². The molecule has 0 aliphatic carbocycles. The van der Waals surface area contributed by atoms with Gasteiger partial charge in [-0.2, -0.15) is 0 Å². The first-order valence-electron chi connectivity index (χ1n) is 16.8. The minimum atomic E-state index is 0.545. The average Bonchev–Trinajstić information content (AvgIpc) is 3.87. The fraction of sp³-hybridized carbons (Fsp3) is 0. The summed E-state index contributed by atoms with van der Waals surface area (Å²) in [6.45, 7) is 0. The van der Waals surface area contributed by atoms with Crippen LogP contribution in [-0.2, 0) is 0 Å². The summed E-state index contributed by atoms with van der Waals surface area (Å²) in [6, 6.07) is 47.5. The first-order chi connectivity index (χ1) is 25.3. The smallest absolute Gasteiger partial charge is 0.164 e. The van der Waals surface area contributed by atoms with E-state index in [0.29, 0.717) is 17.5 Å². The molecule has 0 aliphatic rings. The maximum Gasteiger partial charge on any atom is 0.164 e. The van der Waals surface area contributed by atoms with Gasteiger partial charge in [-0.1, -0.05) is 78.9 Å². The van der Waals surface area contributed by atoms with Gasteiger partial charge in [0.25, 0.3) is 0 Å². The zero-order valence-electron chi connectivity index (χ0n) is 27.0. The summed E-state index contributed by atoms with van der Waals surface area (Å²) in [6.07, 6.45) is 3.57. The minimum absolute atomic E-state index is 0.545. The van der Waals surface area contributed by atoms with Crippen molar-refractivity contribution >= 4 is 65.7 Å². The van der Waals surface area contributed by atoms with Crippen molar-refractivity contribution in [1.29, 1.82) is 0 Å². The number of para-hydroxylation sites is 3. The number of hydrogen-bond acceptors (Lipinski definition) is 6. The van der Waals surface area contributed by atoms with Crippen LogP contribution in [0.3, 0.4) is 0 Å². The Morgan fingerprint density at radius 2 is 0.941 bits per heavy atom. The van der Waals surface area contributed by atoms with Gasteiger partial charge in [0.15, 0.2) is 17.5 Å². The lowest BCUT2D eigenvalue weighted by molar-refractivity contribution is 0.668. The van der Waals surface area contributed by atoms with Gasteiger partial charge >= 0.3 is 0 Å². The van der Waals surface area contributed by atoms with Crippen molar-refractivity contribution in [2.75, 3.05) is 0 Å². The molecule has 5 heterocycles. The SMILES string of the molecule is c1ccc2c(c1)oc1cccc(-c3nc(-c4ccc(-n5c6ccccc6c6ccccc65)cc4)nc(-c4cccc5oc6ccncc6c45)n3)c12. The van der Waals surface area contributed by atoms with Crippen LogP contribution >= 0.6 is 0 Å². The summed E-state index contributed by atoms with van der Waals surface area (Å²) in [5.41, 5.74) is 9.07. The van der Waals surface area contributed by atoms with Crippen LogP contribution in [0.5, 0.6) is 0 Å². The number of benzene rings is 6. The van der Waals surface area contributed by atoms with E-state index in [-0.39, 0.29) is 0 Å². The molecule has 11 rings (SSSR count). The summed E-state index contributed by atoms with van der Waals surface area (Å²) < 4.78 is 14.8. The van der Waals surface area contributed by atoms with Gasteiger partial charge < -0.3 is 13.4 Å². The number of aromatic nitrogens is 5. The second-order valence-electron chi connectivity index (χ2n) is 12.7. The maximum absolute atomic E-state index is 6.26. The molecule has 0 bridgehead atoms. The summed E-state index contributed by atoms with van der Waals surface area (Å²) in [5, 5.41) is 6.25. The Balaban J connectivity index is 1.14. The van der Waals surface area contributed by atoms with Crippen LogP contribution in [0, 0.1) is 0 Å². The Morgan fingerprint density at radius 1 is 0.412 bits per heavy atom. The molecule has 7 heteroatoms. The van der Waals surface area contributed by atoms with Gasteiger partial charge in [-0.3, -0.25) is 4.98 Å². The van der Waals surface area contributed by atoms with E-state index in [4.69, 9.17) is 23.8 Å². The topological polar surface area (TPSA) is 82.8 Å². The van der Waals surface area contributed by atoms with E-state index in [9.17, 15) is 0 Å². The predicted molar refractivity (Wildman–Crippen MR) is 203 cm³/mol. The number of pyridine rings is 1. The summed E-state index contributed by atoms with van der Waals surface area (Å²) in [5.74, 6) is 1.67.